The van der Waals surface area contributed by atoms with E-state index in [-0.39, 0.29) is 23.0 Å². The quantitative estimate of drug-likeness (QED) is 0.866. The first-order valence-corrected chi connectivity index (χ1v) is 7.94. The SMILES string of the molecule is CC(NS(=O)(=O)c1cccc(F)c1CN)C1CCC1. The van der Waals surface area contributed by atoms with Gasteiger partial charge in [0, 0.05) is 18.2 Å². The fourth-order valence-electron chi connectivity index (χ4n) is 2.33. The predicted octanol–water partition coefficient (Wildman–Crippen LogP) is 1.75. The van der Waals surface area contributed by atoms with Gasteiger partial charge >= 0.3 is 0 Å². The molecule has 1 unspecified atom stereocenters. The summed E-state index contributed by atoms with van der Waals surface area (Å²) in [7, 11) is -3.72. The van der Waals surface area contributed by atoms with Gasteiger partial charge in [-0.2, -0.15) is 0 Å². The summed E-state index contributed by atoms with van der Waals surface area (Å²) in [5.41, 5.74) is 5.48. The van der Waals surface area contributed by atoms with Crippen LogP contribution in [-0.2, 0) is 16.6 Å². The molecular formula is C13H19FN2O2S. The van der Waals surface area contributed by atoms with Crippen molar-refractivity contribution < 1.29 is 12.8 Å². The highest BCUT2D eigenvalue weighted by Crippen LogP contribution is 2.30. The molecule has 0 heterocycles. The molecule has 2 rings (SSSR count). The molecule has 1 fully saturated rings. The number of nitrogens with two attached hydrogens (primary N) is 1. The number of hydrogen-bond acceptors (Lipinski definition) is 3. The minimum Gasteiger partial charge on any atom is -0.326 e. The van der Waals surface area contributed by atoms with Crippen molar-refractivity contribution in [1.29, 1.82) is 0 Å². The molecule has 0 aromatic heterocycles. The normalized spacial score (nSPS) is 18.1. The molecule has 1 aromatic rings. The fourth-order valence-corrected chi connectivity index (χ4v) is 3.90. The lowest BCUT2D eigenvalue weighted by molar-refractivity contribution is 0.260. The van der Waals surface area contributed by atoms with Gasteiger partial charge in [-0.3, -0.25) is 0 Å². The van der Waals surface area contributed by atoms with Gasteiger partial charge in [-0.15, -0.1) is 0 Å². The van der Waals surface area contributed by atoms with Gasteiger partial charge in [-0.05, 0) is 37.8 Å². The van der Waals surface area contributed by atoms with E-state index in [4.69, 9.17) is 5.73 Å². The Morgan fingerprint density at radius 2 is 2.16 bits per heavy atom. The van der Waals surface area contributed by atoms with Crippen molar-refractivity contribution in [3.8, 4) is 0 Å². The molecular weight excluding hydrogens is 267 g/mol. The second-order valence-electron chi connectivity index (χ2n) is 5.02. The van der Waals surface area contributed by atoms with Crippen molar-refractivity contribution in [2.45, 2.75) is 43.7 Å². The van der Waals surface area contributed by atoms with E-state index in [1.807, 2.05) is 6.92 Å². The van der Waals surface area contributed by atoms with Gasteiger partial charge in [-0.25, -0.2) is 17.5 Å². The highest BCUT2D eigenvalue weighted by atomic mass is 32.2. The topological polar surface area (TPSA) is 72.2 Å². The third kappa shape index (κ3) is 2.96. The Morgan fingerprint density at radius 3 is 2.68 bits per heavy atom. The Hall–Kier alpha value is -0.980. The smallest absolute Gasteiger partial charge is 0.241 e. The Balaban J connectivity index is 2.26. The number of hydrogen-bond donors (Lipinski definition) is 2. The summed E-state index contributed by atoms with van der Waals surface area (Å²) in [5.74, 6) is -0.202. The maximum Gasteiger partial charge on any atom is 0.241 e. The summed E-state index contributed by atoms with van der Waals surface area (Å²) < 4.78 is 40.8. The van der Waals surface area contributed by atoms with Crippen molar-refractivity contribution in [3.63, 3.8) is 0 Å². The molecule has 0 aliphatic heterocycles. The molecule has 1 saturated carbocycles. The van der Waals surface area contributed by atoms with Gasteiger partial charge in [0.1, 0.15) is 5.82 Å². The van der Waals surface area contributed by atoms with Crippen molar-refractivity contribution in [2.24, 2.45) is 11.7 Å². The maximum atomic E-state index is 13.6. The molecule has 0 radical (unpaired) electrons. The molecule has 1 aliphatic carbocycles. The molecule has 1 atom stereocenters. The first-order valence-electron chi connectivity index (χ1n) is 6.45. The molecule has 1 aliphatic rings. The van der Waals surface area contributed by atoms with Crippen LogP contribution in [0, 0.1) is 11.7 Å². The second-order valence-corrected chi connectivity index (χ2v) is 6.70. The van der Waals surface area contributed by atoms with Crippen LogP contribution in [0.5, 0.6) is 0 Å². The number of nitrogens with one attached hydrogen (secondary N) is 1. The zero-order valence-corrected chi connectivity index (χ0v) is 11.7. The summed E-state index contributed by atoms with van der Waals surface area (Å²) >= 11 is 0. The first kappa shape index (κ1) is 14.4. The molecule has 19 heavy (non-hydrogen) atoms. The van der Waals surface area contributed by atoms with Gasteiger partial charge in [0.2, 0.25) is 10.0 Å². The second kappa shape index (κ2) is 5.56. The average molecular weight is 286 g/mol. The summed E-state index contributed by atoms with van der Waals surface area (Å²) in [4.78, 5) is -0.0545. The zero-order chi connectivity index (χ0) is 14.0. The summed E-state index contributed by atoms with van der Waals surface area (Å²) in [6.45, 7) is 1.71. The Morgan fingerprint density at radius 1 is 1.47 bits per heavy atom. The lowest BCUT2D eigenvalue weighted by atomic mass is 9.81. The van der Waals surface area contributed by atoms with Crippen LogP contribution in [0.4, 0.5) is 4.39 Å². The first-order chi connectivity index (χ1) is 8.95. The Labute approximate surface area is 113 Å². The summed E-state index contributed by atoms with van der Waals surface area (Å²) in [6, 6.07) is 3.86. The standard InChI is InChI=1S/C13H19FN2O2S/c1-9(10-4-2-5-10)16-19(17,18)13-7-3-6-12(14)11(13)8-15/h3,6-7,9-10,16H,2,4-5,8,15H2,1H3. The molecule has 1 aromatic carbocycles. The lowest BCUT2D eigenvalue weighted by Crippen LogP contribution is -2.41. The predicted molar refractivity (Wildman–Crippen MR) is 71.4 cm³/mol. The molecule has 0 spiro atoms. The van der Waals surface area contributed by atoms with Gasteiger partial charge in [0.05, 0.1) is 4.90 Å². The van der Waals surface area contributed by atoms with E-state index >= 15 is 0 Å². The fraction of sp³-hybridized carbons (Fsp3) is 0.538. The molecule has 6 heteroatoms. The Bertz CT molecular complexity index is 556. The number of sulfonamides is 1. The van der Waals surface area contributed by atoms with E-state index in [2.05, 4.69) is 4.72 Å². The summed E-state index contributed by atoms with van der Waals surface area (Å²) in [5, 5.41) is 0. The van der Waals surface area contributed by atoms with Crippen molar-refractivity contribution in [2.75, 3.05) is 0 Å². The molecule has 106 valence electrons. The van der Waals surface area contributed by atoms with Crippen LogP contribution >= 0.6 is 0 Å². The van der Waals surface area contributed by atoms with Crippen LogP contribution in [0.3, 0.4) is 0 Å². The van der Waals surface area contributed by atoms with Crippen LogP contribution in [0.15, 0.2) is 23.1 Å². The van der Waals surface area contributed by atoms with Crippen LogP contribution in [0.2, 0.25) is 0 Å². The van der Waals surface area contributed by atoms with Crippen molar-refractivity contribution >= 4 is 10.0 Å². The van der Waals surface area contributed by atoms with Crippen LogP contribution in [0.1, 0.15) is 31.7 Å². The van der Waals surface area contributed by atoms with Crippen LogP contribution in [0.25, 0.3) is 0 Å². The van der Waals surface area contributed by atoms with Crippen molar-refractivity contribution in [3.05, 3.63) is 29.6 Å². The van der Waals surface area contributed by atoms with E-state index < -0.39 is 15.8 Å². The van der Waals surface area contributed by atoms with E-state index in [9.17, 15) is 12.8 Å². The van der Waals surface area contributed by atoms with E-state index in [1.165, 1.54) is 18.2 Å². The highest BCUT2D eigenvalue weighted by molar-refractivity contribution is 7.89. The van der Waals surface area contributed by atoms with Crippen LogP contribution < -0.4 is 10.5 Å². The minimum atomic E-state index is -3.72. The lowest BCUT2D eigenvalue weighted by Gasteiger charge is -2.31. The van der Waals surface area contributed by atoms with E-state index in [0.717, 1.165) is 19.3 Å². The third-order valence-electron chi connectivity index (χ3n) is 3.77. The molecule has 3 N–H and O–H groups in total. The number of benzene rings is 1. The number of rotatable bonds is 5. The van der Waals surface area contributed by atoms with Gasteiger partial charge < -0.3 is 5.73 Å². The monoisotopic (exact) mass is 286 g/mol. The molecule has 0 saturated heterocycles. The van der Waals surface area contributed by atoms with E-state index in [1.54, 1.807) is 0 Å². The largest absolute Gasteiger partial charge is 0.326 e. The highest BCUT2D eigenvalue weighted by Gasteiger charge is 2.29. The Kier molecular flexibility index (Phi) is 4.23. The summed E-state index contributed by atoms with van der Waals surface area (Å²) in [6.07, 6.45) is 3.22. The van der Waals surface area contributed by atoms with Gasteiger partial charge in [0.15, 0.2) is 0 Å². The molecule has 4 nitrogen and oxygen atoms in total. The van der Waals surface area contributed by atoms with Crippen LogP contribution in [-0.4, -0.2) is 14.5 Å². The maximum absolute atomic E-state index is 13.6. The van der Waals surface area contributed by atoms with Crippen molar-refractivity contribution in [1.82, 2.24) is 4.72 Å². The van der Waals surface area contributed by atoms with Gasteiger partial charge in [-0.1, -0.05) is 12.5 Å². The van der Waals surface area contributed by atoms with E-state index in [0.29, 0.717) is 5.92 Å². The third-order valence-corrected chi connectivity index (χ3v) is 5.41. The van der Waals surface area contributed by atoms with Gasteiger partial charge in [0.25, 0.3) is 0 Å². The minimum absolute atomic E-state index is 0.0378. The zero-order valence-electron chi connectivity index (χ0n) is 10.9. The number of halogens is 1. The average Bonchev–Trinajstić information content (AvgIpc) is 2.25. The molecule has 0 bridgehead atoms. The molecule has 0 amide bonds.